The molecule has 0 spiro atoms. The SMILES string of the molecule is CCC(=O)c1ccc2c(c1)N(CC)C(=O)C(C)(C)O2. The maximum absolute atomic E-state index is 12.3. The number of amides is 1. The molecule has 0 aromatic heterocycles. The zero-order chi connectivity index (χ0) is 14.2. The van der Waals surface area contributed by atoms with Crippen molar-refractivity contribution < 1.29 is 14.3 Å². The summed E-state index contributed by atoms with van der Waals surface area (Å²) in [4.78, 5) is 25.7. The molecule has 0 atom stereocenters. The van der Waals surface area contributed by atoms with Gasteiger partial charge in [-0.1, -0.05) is 6.92 Å². The van der Waals surface area contributed by atoms with Crippen LogP contribution in [0.1, 0.15) is 44.5 Å². The number of anilines is 1. The van der Waals surface area contributed by atoms with Crippen molar-refractivity contribution in [1.29, 1.82) is 0 Å². The van der Waals surface area contributed by atoms with Gasteiger partial charge in [0.05, 0.1) is 5.69 Å². The van der Waals surface area contributed by atoms with Crippen LogP contribution in [0.25, 0.3) is 0 Å². The molecule has 102 valence electrons. The Bertz CT molecular complexity index is 534. The normalized spacial score (nSPS) is 16.8. The van der Waals surface area contributed by atoms with Crippen LogP contribution in [-0.2, 0) is 4.79 Å². The van der Waals surface area contributed by atoms with Crippen LogP contribution in [0.5, 0.6) is 5.75 Å². The van der Waals surface area contributed by atoms with Crippen LogP contribution in [0.4, 0.5) is 5.69 Å². The molecule has 4 nitrogen and oxygen atoms in total. The summed E-state index contributed by atoms with van der Waals surface area (Å²) in [6.07, 6.45) is 0.450. The summed E-state index contributed by atoms with van der Waals surface area (Å²) in [6, 6.07) is 5.28. The molecular weight excluding hydrogens is 242 g/mol. The number of Topliss-reactive ketones (excluding diaryl/α,β-unsaturated/α-hetero) is 1. The van der Waals surface area contributed by atoms with Crippen molar-refractivity contribution in [3.8, 4) is 5.75 Å². The quantitative estimate of drug-likeness (QED) is 0.786. The zero-order valence-electron chi connectivity index (χ0n) is 11.8. The first-order valence-electron chi connectivity index (χ1n) is 6.59. The molecule has 19 heavy (non-hydrogen) atoms. The molecule has 0 aliphatic carbocycles. The smallest absolute Gasteiger partial charge is 0.270 e. The lowest BCUT2D eigenvalue weighted by molar-refractivity contribution is -0.132. The second-order valence-corrected chi connectivity index (χ2v) is 5.12. The van der Waals surface area contributed by atoms with Gasteiger partial charge in [0.25, 0.3) is 5.91 Å². The van der Waals surface area contributed by atoms with Crippen molar-refractivity contribution in [2.75, 3.05) is 11.4 Å². The minimum absolute atomic E-state index is 0.0659. The fourth-order valence-electron chi connectivity index (χ4n) is 2.26. The topological polar surface area (TPSA) is 46.6 Å². The van der Waals surface area contributed by atoms with Gasteiger partial charge in [-0.15, -0.1) is 0 Å². The number of nitrogens with zero attached hydrogens (tertiary/aromatic N) is 1. The lowest BCUT2D eigenvalue weighted by Gasteiger charge is -2.38. The van der Waals surface area contributed by atoms with E-state index in [0.717, 1.165) is 0 Å². The third kappa shape index (κ3) is 2.23. The van der Waals surface area contributed by atoms with E-state index in [1.165, 1.54) is 0 Å². The van der Waals surface area contributed by atoms with E-state index in [4.69, 9.17) is 4.74 Å². The van der Waals surface area contributed by atoms with Gasteiger partial charge in [-0.25, -0.2) is 0 Å². The van der Waals surface area contributed by atoms with Crippen LogP contribution >= 0.6 is 0 Å². The van der Waals surface area contributed by atoms with Crippen molar-refractivity contribution in [2.45, 2.75) is 39.7 Å². The molecule has 0 N–H and O–H groups in total. The van der Waals surface area contributed by atoms with Crippen molar-refractivity contribution in [1.82, 2.24) is 0 Å². The summed E-state index contributed by atoms with van der Waals surface area (Å²) in [6.45, 7) is 7.81. The van der Waals surface area contributed by atoms with Gasteiger partial charge in [-0.05, 0) is 39.0 Å². The number of carbonyl (C=O) groups is 2. The fraction of sp³-hybridized carbons (Fsp3) is 0.467. The van der Waals surface area contributed by atoms with Crippen LogP contribution in [0.3, 0.4) is 0 Å². The van der Waals surface area contributed by atoms with Crippen LogP contribution in [0, 0.1) is 0 Å². The Balaban J connectivity index is 2.52. The standard InChI is InChI=1S/C15H19NO3/c1-5-12(17)10-7-8-13-11(9-10)16(6-2)14(18)15(3,4)19-13/h7-9H,5-6H2,1-4H3. The molecule has 0 saturated carbocycles. The number of hydrogen-bond donors (Lipinski definition) is 0. The molecule has 0 bridgehead atoms. The predicted molar refractivity (Wildman–Crippen MR) is 73.8 cm³/mol. The lowest BCUT2D eigenvalue weighted by atomic mass is 10.0. The fourth-order valence-corrected chi connectivity index (χ4v) is 2.26. The largest absolute Gasteiger partial charge is 0.476 e. The molecule has 0 radical (unpaired) electrons. The molecule has 1 amide bonds. The van der Waals surface area contributed by atoms with E-state index >= 15 is 0 Å². The third-order valence-corrected chi connectivity index (χ3v) is 3.33. The Labute approximate surface area is 113 Å². The van der Waals surface area contributed by atoms with Crippen LogP contribution < -0.4 is 9.64 Å². The summed E-state index contributed by atoms with van der Waals surface area (Å²) in [7, 11) is 0. The van der Waals surface area contributed by atoms with E-state index in [0.29, 0.717) is 30.0 Å². The predicted octanol–water partition coefficient (Wildman–Crippen LogP) is 2.80. The van der Waals surface area contributed by atoms with Gasteiger partial charge in [0.1, 0.15) is 5.75 Å². The summed E-state index contributed by atoms with van der Waals surface area (Å²) in [5.41, 5.74) is 0.446. The van der Waals surface area contributed by atoms with Gasteiger partial charge in [0, 0.05) is 18.5 Å². The first kappa shape index (κ1) is 13.6. The minimum atomic E-state index is -0.862. The maximum atomic E-state index is 12.3. The van der Waals surface area contributed by atoms with Crippen molar-refractivity contribution in [3.05, 3.63) is 23.8 Å². The van der Waals surface area contributed by atoms with E-state index in [1.54, 1.807) is 36.9 Å². The van der Waals surface area contributed by atoms with E-state index in [-0.39, 0.29) is 11.7 Å². The monoisotopic (exact) mass is 261 g/mol. The second-order valence-electron chi connectivity index (χ2n) is 5.12. The highest BCUT2D eigenvalue weighted by Crippen LogP contribution is 2.38. The molecular formula is C15H19NO3. The van der Waals surface area contributed by atoms with Gasteiger partial charge in [0.2, 0.25) is 0 Å². The molecule has 1 aliphatic heterocycles. The first-order valence-corrected chi connectivity index (χ1v) is 6.59. The van der Waals surface area contributed by atoms with Gasteiger partial charge in [-0.3, -0.25) is 9.59 Å². The van der Waals surface area contributed by atoms with Gasteiger partial charge in [-0.2, -0.15) is 0 Å². The highest BCUT2D eigenvalue weighted by atomic mass is 16.5. The zero-order valence-corrected chi connectivity index (χ0v) is 11.8. The molecule has 1 aliphatic rings. The first-order chi connectivity index (χ1) is 8.90. The Hall–Kier alpha value is -1.84. The van der Waals surface area contributed by atoms with Gasteiger partial charge < -0.3 is 9.64 Å². The van der Waals surface area contributed by atoms with E-state index in [1.807, 2.05) is 13.8 Å². The Kier molecular flexibility index (Phi) is 3.35. The Morgan fingerprint density at radius 1 is 1.32 bits per heavy atom. The van der Waals surface area contributed by atoms with E-state index in [2.05, 4.69) is 0 Å². The van der Waals surface area contributed by atoms with Crippen LogP contribution in [-0.4, -0.2) is 23.8 Å². The molecule has 0 fully saturated rings. The number of hydrogen-bond acceptors (Lipinski definition) is 3. The molecule has 0 unspecified atom stereocenters. The molecule has 0 saturated heterocycles. The van der Waals surface area contributed by atoms with Crippen molar-refractivity contribution >= 4 is 17.4 Å². The Morgan fingerprint density at radius 2 is 2.00 bits per heavy atom. The maximum Gasteiger partial charge on any atom is 0.270 e. The van der Waals surface area contributed by atoms with E-state index in [9.17, 15) is 9.59 Å². The van der Waals surface area contributed by atoms with Gasteiger partial charge in [0.15, 0.2) is 11.4 Å². The molecule has 2 rings (SSSR count). The lowest BCUT2D eigenvalue weighted by Crippen LogP contribution is -2.52. The van der Waals surface area contributed by atoms with Crippen LogP contribution in [0.2, 0.25) is 0 Å². The summed E-state index contributed by atoms with van der Waals surface area (Å²) in [5, 5.41) is 0. The van der Waals surface area contributed by atoms with E-state index < -0.39 is 5.60 Å². The highest BCUT2D eigenvalue weighted by molar-refractivity contribution is 6.04. The molecule has 4 heteroatoms. The van der Waals surface area contributed by atoms with Crippen molar-refractivity contribution in [3.63, 3.8) is 0 Å². The number of benzene rings is 1. The number of ketones is 1. The third-order valence-electron chi connectivity index (χ3n) is 3.33. The number of ether oxygens (including phenoxy) is 1. The average molecular weight is 261 g/mol. The minimum Gasteiger partial charge on any atom is -0.476 e. The molecule has 1 aromatic carbocycles. The molecule has 1 heterocycles. The number of rotatable bonds is 3. The number of carbonyl (C=O) groups excluding carboxylic acids is 2. The Morgan fingerprint density at radius 3 is 2.58 bits per heavy atom. The van der Waals surface area contributed by atoms with Crippen LogP contribution in [0.15, 0.2) is 18.2 Å². The van der Waals surface area contributed by atoms with Gasteiger partial charge >= 0.3 is 0 Å². The summed E-state index contributed by atoms with van der Waals surface area (Å²) >= 11 is 0. The number of fused-ring (bicyclic) bond motifs is 1. The average Bonchev–Trinajstić information content (AvgIpc) is 2.38. The number of likely N-dealkylation sites (N-methyl/N-ethyl adjacent to an activating group) is 1. The summed E-state index contributed by atoms with van der Waals surface area (Å²) in [5.74, 6) is 0.638. The van der Waals surface area contributed by atoms with Crippen molar-refractivity contribution in [2.24, 2.45) is 0 Å². The summed E-state index contributed by atoms with van der Waals surface area (Å²) < 4.78 is 5.73. The second kappa shape index (κ2) is 4.68. The highest BCUT2D eigenvalue weighted by Gasteiger charge is 2.40. The molecule has 1 aromatic rings.